The molecule has 0 spiro atoms. The number of aryl methyl sites for hydroxylation is 1. The minimum absolute atomic E-state index is 0.192. The minimum Gasteiger partial charge on any atom is -0.462 e. The topological polar surface area (TPSA) is 55.4 Å². The molecule has 0 radical (unpaired) electrons. The van der Waals surface area contributed by atoms with Crippen LogP contribution in [-0.4, -0.2) is 18.5 Å². The first-order valence-corrected chi connectivity index (χ1v) is 12.9. The van der Waals surface area contributed by atoms with Crippen molar-refractivity contribution in [3.63, 3.8) is 0 Å². The average Bonchev–Trinajstić information content (AvgIpc) is 3.23. The molecule has 170 valence electrons. The molecule has 1 atom stereocenters. The van der Waals surface area contributed by atoms with Crippen molar-refractivity contribution in [2.75, 3.05) is 11.9 Å². The minimum atomic E-state index is -0.368. The van der Waals surface area contributed by atoms with Gasteiger partial charge in [0.2, 0.25) is 0 Å². The zero-order valence-corrected chi connectivity index (χ0v) is 21.4. The maximum atomic E-state index is 13.2. The number of benzene rings is 1. The molecule has 0 fully saturated rings. The maximum Gasteiger partial charge on any atom is 0.341 e. The SMILES string of the molecule is CCOC(=O)c1c(NC(=O)c2sc3cc(C)ccc3c2Cl)sc2c1CCC(C(C)(C)C)C2. The smallest absolute Gasteiger partial charge is 0.341 e. The summed E-state index contributed by atoms with van der Waals surface area (Å²) in [6.07, 6.45) is 2.75. The maximum absolute atomic E-state index is 13.2. The molecule has 1 aromatic carbocycles. The molecule has 2 heterocycles. The van der Waals surface area contributed by atoms with E-state index < -0.39 is 0 Å². The van der Waals surface area contributed by atoms with Gasteiger partial charge in [0.1, 0.15) is 9.88 Å². The summed E-state index contributed by atoms with van der Waals surface area (Å²) in [6.45, 7) is 10.9. The number of anilines is 1. The van der Waals surface area contributed by atoms with Crippen molar-refractivity contribution in [3.8, 4) is 0 Å². The zero-order chi connectivity index (χ0) is 23.2. The molecule has 1 aliphatic carbocycles. The molecule has 0 aliphatic heterocycles. The molecular formula is C25H28ClNO3S2. The fourth-order valence-electron chi connectivity index (χ4n) is 4.31. The van der Waals surface area contributed by atoms with Crippen LogP contribution in [0, 0.1) is 18.3 Å². The molecule has 1 N–H and O–H groups in total. The summed E-state index contributed by atoms with van der Waals surface area (Å²) in [4.78, 5) is 27.7. The summed E-state index contributed by atoms with van der Waals surface area (Å²) in [5, 5.41) is 4.89. The van der Waals surface area contributed by atoms with Crippen LogP contribution in [0.25, 0.3) is 10.1 Å². The molecule has 1 aliphatic rings. The van der Waals surface area contributed by atoms with E-state index >= 15 is 0 Å². The van der Waals surface area contributed by atoms with Gasteiger partial charge in [-0.3, -0.25) is 4.79 Å². The lowest BCUT2D eigenvalue weighted by molar-refractivity contribution is 0.0526. The van der Waals surface area contributed by atoms with Crippen molar-refractivity contribution in [1.82, 2.24) is 0 Å². The predicted molar refractivity (Wildman–Crippen MR) is 135 cm³/mol. The molecule has 7 heteroatoms. The summed E-state index contributed by atoms with van der Waals surface area (Å²) in [5.74, 6) is -0.120. The van der Waals surface area contributed by atoms with Crippen LogP contribution in [0.3, 0.4) is 0 Å². The molecular weight excluding hydrogens is 462 g/mol. The van der Waals surface area contributed by atoms with Gasteiger partial charge >= 0.3 is 5.97 Å². The van der Waals surface area contributed by atoms with Gasteiger partial charge in [-0.1, -0.05) is 44.5 Å². The van der Waals surface area contributed by atoms with E-state index in [1.54, 1.807) is 6.92 Å². The van der Waals surface area contributed by atoms with Crippen LogP contribution < -0.4 is 5.32 Å². The average molecular weight is 490 g/mol. The Labute approximate surface area is 201 Å². The van der Waals surface area contributed by atoms with Gasteiger partial charge in [-0.25, -0.2) is 4.79 Å². The second-order valence-electron chi connectivity index (χ2n) is 9.43. The van der Waals surface area contributed by atoms with Crippen LogP contribution in [-0.2, 0) is 17.6 Å². The van der Waals surface area contributed by atoms with E-state index in [2.05, 4.69) is 26.1 Å². The Morgan fingerprint density at radius 1 is 1.25 bits per heavy atom. The second kappa shape index (κ2) is 8.81. The number of fused-ring (bicyclic) bond motifs is 2. The van der Waals surface area contributed by atoms with E-state index in [-0.39, 0.29) is 17.3 Å². The summed E-state index contributed by atoms with van der Waals surface area (Å²) in [6, 6.07) is 5.96. The number of amides is 1. The standard InChI is InChI=1S/C25H28ClNO3S2/c1-6-30-24(29)19-15-10-8-14(25(3,4)5)12-18(15)32-23(19)27-22(28)21-20(26)16-9-7-13(2)11-17(16)31-21/h7,9,11,14H,6,8,10,12H2,1-5H3,(H,27,28). The number of nitrogens with one attached hydrogen (secondary N) is 1. The first-order valence-electron chi connectivity index (χ1n) is 10.9. The normalized spacial score (nSPS) is 16.1. The number of carbonyl (C=O) groups excluding carboxylic acids is 2. The van der Waals surface area contributed by atoms with Crippen molar-refractivity contribution in [3.05, 3.63) is 49.7 Å². The Balaban J connectivity index is 1.70. The van der Waals surface area contributed by atoms with Gasteiger partial charge in [0.05, 0.1) is 17.2 Å². The van der Waals surface area contributed by atoms with Gasteiger partial charge < -0.3 is 10.1 Å². The van der Waals surface area contributed by atoms with Crippen LogP contribution >= 0.6 is 34.3 Å². The monoisotopic (exact) mass is 489 g/mol. The molecule has 3 aromatic rings. The van der Waals surface area contributed by atoms with E-state index in [4.69, 9.17) is 16.3 Å². The van der Waals surface area contributed by atoms with Crippen LogP contribution in [0.15, 0.2) is 18.2 Å². The van der Waals surface area contributed by atoms with Crippen molar-refractivity contribution in [1.29, 1.82) is 0 Å². The fraction of sp³-hybridized carbons (Fsp3) is 0.440. The van der Waals surface area contributed by atoms with E-state index in [1.165, 1.54) is 27.6 Å². The molecule has 2 aromatic heterocycles. The number of thiophene rings is 2. The zero-order valence-electron chi connectivity index (χ0n) is 19.1. The summed E-state index contributed by atoms with van der Waals surface area (Å²) >= 11 is 9.43. The van der Waals surface area contributed by atoms with Crippen LogP contribution in [0.1, 0.15) is 70.1 Å². The molecule has 1 unspecified atom stereocenters. The van der Waals surface area contributed by atoms with Gasteiger partial charge in [-0.15, -0.1) is 22.7 Å². The third-order valence-corrected chi connectivity index (χ3v) is 9.01. The predicted octanol–water partition coefficient (Wildman–Crippen LogP) is 7.50. The van der Waals surface area contributed by atoms with Crippen LogP contribution in [0.4, 0.5) is 5.00 Å². The van der Waals surface area contributed by atoms with Crippen molar-refractivity contribution in [2.45, 2.75) is 53.9 Å². The lowest BCUT2D eigenvalue weighted by atomic mass is 9.72. The molecule has 0 saturated heterocycles. The van der Waals surface area contributed by atoms with Gasteiger partial charge in [0, 0.05) is 15.0 Å². The highest BCUT2D eigenvalue weighted by atomic mass is 35.5. The van der Waals surface area contributed by atoms with E-state index in [0.29, 0.717) is 33.0 Å². The Kier molecular flexibility index (Phi) is 6.40. The quantitative estimate of drug-likeness (QED) is 0.386. The largest absolute Gasteiger partial charge is 0.462 e. The summed E-state index contributed by atoms with van der Waals surface area (Å²) < 4.78 is 6.33. The molecule has 0 bridgehead atoms. The Hall–Kier alpha value is -1.89. The Morgan fingerprint density at radius 3 is 2.69 bits per heavy atom. The van der Waals surface area contributed by atoms with Crippen molar-refractivity contribution < 1.29 is 14.3 Å². The Bertz CT molecular complexity index is 1200. The summed E-state index contributed by atoms with van der Waals surface area (Å²) in [5.41, 5.74) is 2.85. The van der Waals surface area contributed by atoms with Gasteiger partial charge in [-0.2, -0.15) is 0 Å². The van der Waals surface area contributed by atoms with Crippen LogP contribution in [0.2, 0.25) is 5.02 Å². The first kappa shape index (κ1) is 23.3. The van der Waals surface area contributed by atoms with E-state index in [1.807, 2.05) is 25.1 Å². The molecule has 0 saturated carbocycles. The molecule has 4 nitrogen and oxygen atoms in total. The number of hydrogen-bond acceptors (Lipinski definition) is 5. The third-order valence-electron chi connectivity index (χ3n) is 6.19. The van der Waals surface area contributed by atoms with Gasteiger partial charge in [0.25, 0.3) is 5.91 Å². The highest BCUT2D eigenvalue weighted by molar-refractivity contribution is 7.22. The number of ether oxygens (including phenoxy) is 1. The molecule has 32 heavy (non-hydrogen) atoms. The first-order chi connectivity index (χ1) is 15.1. The highest BCUT2D eigenvalue weighted by Crippen LogP contribution is 2.45. The fourth-order valence-corrected chi connectivity index (χ4v) is 7.13. The number of esters is 1. The highest BCUT2D eigenvalue weighted by Gasteiger charge is 2.34. The second-order valence-corrected chi connectivity index (χ2v) is 12.0. The number of carbonyl (C=O) groups is 2. The lowest BCUT2D eigenvalue weighted by Gasteiger charge is -2.33. The van der Waals surface area contributed by atoms with Crippen molar-refractivity contribution >= 4 is 61.2 Å². The van der Waals surface area contributed by atoms with Crippen LogP contribution in [0.5, 0.6) is 0 Å². The van der Waals surface area contributed by atoms with E-state index in [0.717, 1.165) is 40.5 Å². The number of halogens is 1. The van der Waals surface area contributed by atoms with E-state index in [9.17, 15) is 9.59 Å². The number of hydrogen-bond donors (Lipinski definition) is 1. The Morgan fingerprint density at radius 2 is 2.00 bits per heavy atom. The van der Waals surface area contributed by atoms with Crippen molar-refractivity contribution in [2.24, 2.45) is 11.3 Å². The molecule has 1 amide bonds. The van der Waals surface area contributed by atoms with Gasteiger partial charge in [-0.05, 0) is 61.6 Å². The molecule has 4 rings (SSSR count). The van der Waals surface area contributed by atoms with Gasteiger partial charge in [0.15, 0.2) is 0 Å². The third kappa shape index (κ3) is 4.33. The summed E-state index contributed by atoms with van der Waals surface area (Å²) in [7, 11) is 0. The lowest BCUT2D eigenvalue weighted by Crippen LogP contribution is -2.26. The number of rotatable bonds is 4.